The first-order valence-corrected chi connectivity index (χ1v) is 5.11. The number of hydrogen-bond acceptors (Lipinski definition) is 1. The topological polar surface area (TPSA) is 17.1 Å². The first kappa shape index (κ1) is 9.99. The van der Waals surface area contributed by atoms with Gasteiger partial charge in [0.25, 0.3) is 0 Å². The monoisotopic (exact) mass is 214 g/mol. The van der Waals surface area contributed by atoms with E-state index in [1.807, 2.05) is 48.5 Å². The number of carbonyl (C=O) groups excluding carboxylic acids is 1. The SMILES string of the molecule is O=C(S)c1cccc(-c2ccccc2)c1. The largest absolute Gasteiger partial charge is 0.282 e. The van der Waals surface area contributed by atoms with Crippen LogP contribution in [-0.4, -0.2) is 5.12 Å². The van der Waals surface area contributed by atoms with E-state index in [1.54, 1.807) is 6.07 Å². The van der Waals surface area contributed by atoms with Gasteiger partial charge < -0.3 is 0 Å². The summed E-state index contributed by atoms with van der Waals surface area (Å²) >= 11 is 3.81. The zero-order valence-electron chi connectivity index (χ0n) is 8.05. The summed E-state index contributed by atoms with van der Waals surface area (Å²) in [5, 5.41) is -0.201. The van der Waals surface area contributed by atoms with Gasteiger partial charge in [0.15, 0.2) is 0 Å². The molecule has 1 nitrogen and oxygen atoms in total. The average molecular weight is 214 g/mol. The number of rotatable bonds is 2. The minimum atomic E-state index is -0.201. The maximum atomic E-state index is 11.1. The maximum Gasteiger partial charge on any atom is 0.216 e. The van der Waals surface area contributed by atoms with E-state index in [4.69, 9.17) is 0 Å². The molecule has 0 unspecified atom stereocenters. The molecule has 2 heteroatoms. The van der Waals surface area contributed by atoms with Crippen molar-refractivity contribution in [2.75, 3.05) is 0 Å². The lowest BCUT2D eigenvalue weighted by atomic mass is 10.0. The molecule has 0 bridgehead atoms. The highest BCUT2D eigenvalue weighted by molar-refractivity contribution is 7.97. The molecule has 2 rings (SSSR count). The Kier molecular flexibility index (Phi) is 2.88. The average Bonchev–Trinajstić information content (AvgIpc) is 2.30. The van der Waals surface area contributed by atoms with Gasteiger partial charge in [-0.2, -0.15) is 0 Å². The molecule has 0 saturated carbocycles. The Morgan fingerprint density at radius 3 is 2.20 bits per heavy atom. The van der Waals surface area contributed by atoms with Gasteiger partial charge in [-0.3, -0.25) is 4.79 Å². The summed E-state index contributed by atoms with van der Waals surface area (Å²) in [4.78, 5) is 11.1. The third kappa shape index (κ3) is 2.28. The minimum Gasteiger partial charge on any atom is -0.282 e. The van der Waals surface area contributed by atoms with Gasteiger partial charge in [0.05, 0.1) is 0 Å². The molecule has 0 aliphatic carbocycles. The van der Waals surface area contributed by atoms with Crippen LogP contribution in [0, 0.1) is 0 Å². The van der Waals surface area contributed by atoms with Crippen LogP contribution in [0.4, 0.5) is 0 Å². The molecule has 15 heavy (non-hydrogen) atoms. The molecular weight excluding hydrogens is 204 g/mol. The van der Waals surface area contributed by atoms with Crippen molar-refractivity contribution in [2.45, 2.75) is 0 Å². The van der Waals surface area contributed by atoms with E-state index < -0.39 is 0 Å². The van der Waals surface area contributed by atoms with Gasteiger partial charge in [0.1, 0.15) is 0 Å². The molecule has 0 heterocycles. The highest BCUT2D eigenvalue weighted by Gasteiger charge is 2.02. The molecule has 0 spiro atoms. The molecule has 0 radical (unpaired) electrons. The second kappa shape index (κ2) is 4.32. The molecule has 74 valence electrons. The second-order valence-corrected chi connectivity index (χ2v) is 3.66. The summed E-state index contributed by atoms with van der Waals surface area (Å²) in [7, 11) is 0. The van der Waals surface area contributed by atoms with Gasteiger partial charge in [-0.05, 0) is 17.2 Å². The molecule has 0 saturated heterocycles. The highest BCUT2D eigenvalue weighted by Crippen LogP contribution is 2.20. The lowest BCUT2D eigenvalue weighted by Crippen LogP contribution is -1.88. The number of hydrogen-bond donors (Lipinski definition) is 1. The van der Waals surface area contributed by atoms with Crippen LogP contribution in [-0.2, 0) is 0 Å². The zero-order valence-corrected chi connectivity index (χ0v) is 8.95. The molecule has 0 aliphatic heterocycles. The molecule has 2 aromatic rings. The van der Waals surface area contributed by atoms with E-state index in [0.29, 0.717) is 5.56 Å². The normalized spacial score (nSPS) is 9.93. The first-order valence-electron chi connectivity index (χ1n) is 4.66. The van der Waals surface area contributed by atoms with Crippen molar-refractivity contribution in [1.82, 2.24) is 0 Å². The van der Waals surface area contributed by atoms with Gasteiger partial charge in [-0.25, -0.2) is 0 Å². The molecule has 0 atom stereocenters. The van der Waals surface area contributed by atoms with Crippen LogP contribution in [0.1, 0.15) is 10.4 Å². The van der Waals surface area contributed by atoms with Crippen molar-refractivity contribution in [3.05, 3.63) is 60.2 Å². The van der Waals surface area contributed by atoms with Crippen molar-refractivity contribution >= 4 is 17.7 Å². The maximum absolute atomic E-state index is 11.1. The van der Waals surface area contributed by atoms with Crippen molar-refractivity contribution in [3.8, 4) is 11.1 Å². The molecular formula is C13H10OS. The zero-order chi connectivity index (χ0) is 10.7. The van der Waals surface area contributed by atoms with E-state index in [9.17, 15) is 4.79 Å². The predicted molar refractivity (Wildman–Crippen MR) is 65.2 cm³/mol. The summed E-state index contributed by atoms with van der Waals surface area (Å²) in [5.74, 6) is 0. The van der Waals surface area contributed by atoms with Crippen molar-refractivity contribution in [3.63, 3.8) is 0 Å². The molecule has 0 amide bonds. The Labute approximate surface area is 94.2 Å². The fourth-order valence-electron chi connectivity index (χ4n) is 1.46. The molecule has 0 fully saturated rings. The third-order valence-corrected chi connectivity index (χ3v) is 2.47. The quantitative estimate of drug-likeness (QED) is 0.758. The summed E-state index contributed by atoms with van der Waals surface area (Å²) < 4.78 is 0. The summed E-state index contributed by atoms with van der Waals surface area (Å²) in [6.45, 7) is 0. The number of thiol groups is 1. The van der Waals surface area contributed by atoms with Gasteiger partial charge in [-0.15, -0.1) is 12.6 Å². The molecule has 0 N–H and O–H groups in total. The standard InChI is InChI=1S/C13H10OS/c14-13(15)12-8-4-7-11(9-12)10-5-2-1-3-6-10/h1-9H,(H,14,15). The fraction of sp³-hybridized carbons (Fsp3) is 0. The Balaban J connectivity index is 2.46. The lowest BCUT2D eigenvalue weighted by molar-refractivity contribution is 0.109. The van der Waals surface area contributed by atoms with Gasteiger partial charge in [0, 0.05) is 5.56 Å². The van der Waals surface area contributed by atoms with Crippen LogP contribution in [0.3, 0.4) is 0 Å². The smallest absolute Gasteiger partial charge is 0.216 e. The summed E-state index contributed by atoms with van der Waals surface area (Å²) in [6, 6.07) is 17.4. The van der Waals surface area contributed by atoms with E-state index >= 15 is 0 Å². The van der Waals surface area contributed by atoms with Crippen LogP contribution >= 0.6 is 12.6 Å². The predicted octanol–water partition coefficient (Wildman–Crippen LogP) is 3.42. The number of benzene rings is 2. The van der Waals surface area contributed by atoms with E-state index in [1.165, 1.54) is 0 Å². The Morgan fingerprint density at radius 1 is 0.867 bits per heavy atom. The van der Waals surface area contributed by atoms with E-state index in [2.05, 4.69) is 12.6 Å². The van der Waals surface area contributed by atoms with Crippen LogP contribution in [0.2, 0.25) is 0 Å². The Hall–Kier alpha value is -1.54. The Bertz CT molecular complexity index is 477. The fourth-order valence-corrected chi connectivity index (χ4v) is 1.60. The molecule has 0 aromatic heterocycles. The van der Waals surface area contributed by atoms with Crippen molar-refractivity contribution < 1.29 is 4.79 Å². The van der Waals surface area contributed by atoms with Gasteiger partial charge in [-0.1, -0.05) is 48.5 Å². The van der Waals surface area contributed by atoms with Crippen LogP contribution in [0.15, 0.2) is 54.6 Å². The van der Waals surface area contributed by atoms with Gasteiger partial charge in [0.2, 0.25) is 5.12 Å². The molecule has 2 aromatic carbocycles. The highest BCUT2D eigenvalue weighted by atomic mass is 32.1. The summed E-state index contributed by atoms with van der Waals surface area (Å²) in [5.41, 5.74) is 2.77. The van der Waals surface area contributed by atoms with Gasteiger partial charge >= 0.3 is 0 Å². The summed E-state index contributed by atoms with van der Waals surface area (Å²) in [6.07, 6.45) is 0. The van der Waals surface area contributed by atoms with Crippen LogP contribution in [0.5, 0.6) is 0 Å². The molecule has 0 aliphatic rings. The van der Waals surface area contributed by atoms with E-state index in [0.717, 1.165) is 11.1 Å². The lowest BCUT2D eigenvalue weighted by Gasteiger charge is -2.02. The second-order valence-electron chi connectivity index (χ2n) is 3.25. The third-order valence-electron chi connectivity index (χ3n) is 2.22. The van der Waals surface area contributed by atoms with Crippen LogP contribution < -0.4 is 0 Å². The Morgan fingerprint density at radius 2 is 1.53 bits per heavy atom. The first-order chi connectivity index (χ1) is 7.27. The minimum absolute atomic E-state index is 0.201. The number of carbonyl (C=O) groups is 1. The van der Waals surface area contributed by atoms with Crippen molar-refractivity contribution in [1.29, 1.82) is 0 Å². The van der Waals surface area contributed by atoms with Crippen LogP contribution in [0.25, 0.3) is 11.1 Å². The van der Waals surface area contributed by atoms with E-state index in [-0.39, 0.29) is 5.12 Å². The van der Waals surface area contributed by atoms with Crippen molar-refractivity contribution in [2.24, 2.45) is 0 Å².